The third-order valence-corrected chi connectivity index (χ3v) is 4.09. The van der Waals surface area contributed by atoms with Gasteiger partial charge in [0, 0.05) is 23.3 Å². The lowest BCUT2D eigenvalue weighted by Crippen LogP contribution is -2.04. The highest BCUT2D eigenvalue weighted by atomic mass is 16.5. The molecule has 106 valence electrons. The van der Waals surface area contributed by atoms with Crippen LogP contribution in [0.2, 0.25) is 0 Å². The van der Waals surface area contributed by atoms with Crippen LogP contribution in [0.4, 0.5) is 0 Å². The molecule has 3 rings (SSSR count). The normalized spacial score (nSPS) is 23.4. The molecule has 1 aliphatic rings. The smallest absolute Gasteiger partial charge is 0.167 e. The summed E-state index contributed by atoms with van der Waals surface area (Å²) in [4.78, 5) is 23.8. The second kappa shape index (κ2) is 5.52. The first-order valence-corrected chi connectivity index (χ1v) is 6.94. The van der Waals surface area contributed by atoms with Crippen molar-refractivity contribution >= 4 is 12.1 Å². The lowest BCUT2D eigenvalue weighted by Gasteiger charge is -2.03. The number of hydrogen-bond donors (Lipinski definition) is 0. The fourth-order valence-electron chi connectivity index (χ4n) is 2.89. The Bertz CT molecular complexity index is 646. The van der Waals surface area contributed by atoms with E-state index in [1.54, 1.807) is 31.4 Å². The highest BCUT2D eigenvalue weighted by Gasteiger charge is 2.55. The van der Waals surface area contributed by atoms with Crippen LogP contribution in [0.1, 0.15) is 21.8 Å². The summed E-state index contributed by atoms with van der Waals surface area (Å²) in [5, 5.41) is 0. The molecule has 1 aliphatic carbocycles. The molecule has 0 unspecified atom stereocenters. The number of Topliss-reactive ketones (excluding diaryl/α,β-unsaturated/α-hetero) is 1. The van der Waals surface area contributed by atoms with Crippen molar-refractivity contribution in [3.05, 3.63) is 65.7 Å². The molecule has 0 bridgehead atoms. The summed E-state index contributed by atoms with van der Waals surface area (Å²) in [7, 11) is 1.59. The number of aldehydes is 1. The minimum Gasteiger partial charge on any atom is -0.497 e. The standard InChI is InChI=1S/C18H16O3/c1-21-14-9-7-13(8-10-14)18(20)17-15(11-19)16(17)12-5-3-2-4-6-12/h2-11,15-17H,1H3/t15-,16-,17-/m1/s1. The van der Waals surface area contributed by atoms with Gasteiger partial charge in [-0.25, -0.2) is 0 Å². The molecule has 3 atom stereocenters. The summed E-state index contributed by atoms with van der Waals surface area (Å²) in [6.07, 6.45) is 0.907. The van der Waals surface area contributed by atoms with Crippen LogP contribution in [-0.4, -0.2) is 19.2 Å². The molecular formula is C18H16O3. The van der Waals surface area contributed by atoms with E-state index in [9.17, 15) is 9.59 Å². The molecule has 1 fully saturated rings. The number of hydrogen-bond acceptors (Lipinski definition) is 3. The Morgan fingerprint density at radius 3 is 2.29 bits per heavy atom. The van der Waals surface area contributed by atoms with E-state index in [4.69, 9.17) is 4.74 Å². The van der Waals surface area contributed by atoms with E-state index in [0.717, 1.165) is 11.8 Å². The van der Waals surface area contributed by atoms with Crippen LogP contribution in [0.5, 0.6) is 5.75 Å². The van der Waals surface area contributed by atoms with E-state index in [0.29, 0.717) is 11.3 Å². The molecule has 3 nitrogen and oxygen atoms in total. The van der Waals surface area contributed by atoms with Crippen LogP contribution in [0.3, 0.4) is 0 Å². The first-order valence-electron chi connectivity index (χ1n) is 6.94. The predicted molar refractivity (Wildman–Crippen MR) is 79.6 cm³/mol. The second-order valence-electron chi connectivity index (χ2n) is 5.27. The van der Waals surface area contributed by atoms with Crippen molar-refractivity contribution in [2.45, 2.75) is 5.92 Å². The fourth-order valence-corrected chi connectivity index (χ4v) is 2.89. The van der Waals surface area contributed by atoms with Crippen LogP contribution >= 0.6 is 0 Å². The third-order valence-electron chi connectivity index (χ3n) is 4.09. The van der Waals surface area contributed by atoms with Crippen molar-refractivity contribution in [3.8, 4) is 5.75 Å². The molecule has 0 N–H and O–H groups in total. The van der Waals surface area contributed by atoms with Gasteiger partial charge in [-0.15, -0.1) is 0 Å². The van der Waals surface area contributed by atoms with Gasteiger partial charge in [0.1, 0.15) is 12.0 Å². The minimum atomic E-state index is -0.238. The molecule has 0 amide bonds. The lowest BCUT2D eigenvalue weighted by molar-refractivity contribution is -0.109. The fraction of sp³-hybridized carbons (Fsp3) is 0.222. The van der Waals surface area contributed by atoms with Crippen molar-refractivity contribution < 1.29 is 14.3 Å². The number of carbonyl (C=O) groups is 2. The summed E-state index contributed by atoms with van der Waals surface area (Å²) < 4.78 is 5.09. The number of carbonyl (C=O) groups excluding carboxylic acids is 2. The van der Waals surface area contributed by atoms with Gasteiger partial charge in [0.25, 0.3) is 0 Å². The van der Waals surface area contributed by atoms with Crippen LogP contribution in [0, 0.1) is 11.8 Å². The minimum absolute atomic E-state index is 0.0123. The Morgan fingerprint density at radius 1 is 1.05 bits per heavy atom. The first-order chi connectivity index (χ1) is 10.3. The van der Waals surface area contributed by atoms with E-state index >= 15 is 0 Å². The second-order valence-corrected chi connectivity index (χ2v) is 5.27. The van der Waals surface area contributed by atoms with E-state index in [2.05, 4.69) is 0 Å². The zero-order valence-electron chi connectivity index (χ0n) is 11.7. The number of benzene rings is 2. The number of methoxy groups -OCH3 is 1. The van der Waals surface area contributed by atoms with Crippen LogP contribution in [0.25, 0.3) is 0 Å². The maximum absolute atomic E-state index is 12.6. The Morgan fingerprint density at radius 2 is 1.71 bits per heavy atom. The van der Waals surface area contributed by atoms with E-state index in [1.165, 1.54) is 0 Å². The highest BCUT2D eigenvalue weighted by molar-refractivity contribution is 6.03. The predicted octanol–water partition coefficient (Wildman–Crippen LogP) is 3.11. The molecule has 0 heterocycles. The molecule has 0 saturated heterocycles. The van der Waals surface area contributed by atoms with Crippen molar-refractivity contribution in [3.63, 3.8) is 0 Å². The summed E-state index contributed by atoms with van der Waals surface area (Å²) in [6.45, 7) is 0. The number of rotatable bonds is 5. The van der Waals surface area contributed by atoms with Gasteiger partial charge in [-0.3, -0.25) is 4.79 Å². The summed E-state index contributed by atoms with van der Waals surface area (Å²) in [5.74, 6) is 0.316. The van der Waals surface area contributed by atoms with Crippen LogP contribution in [-0.2, 0) is 4.79 Å². The summed E-state index contributed by atoms with van der Waals surface area (Å²) in [5.41, 5.74) is 1.69. The van der Waals surface area contributed by atoms with Gasteiger partial charge in [-0.1, -0.05) is 30.3 Å². The zero-order valence-corrected chi connectivity index (χ0v) is 11.7. The van der Waals surface area contributed by atoms with Crippen molar-refractivity contribution in [2.24, 2.45) is 11.8 Å². The van der Waals surface area contributed by atoms with Crippen LogP contribution < -0.4 is 4.74 Å². The molecule has 0 aromatic heterocycles. The van der Waals surface area contributed by atoms with Gasteiger partial charge >= 0.3 is 0 Å². The Hall–Kier alpha value is -2.42. The Balaban J connectivity index is 1.82. The monoisotopic (exact) mass is 280 g/mol. The topological polar surface area (TPSA) is 43.4 Å². The summed E-state index contributed by atoms with van der Waals surface area (Å²) >= 11 is 0. The van der Waals surface area contributed by atoms with Gasteiger partial charge in [0.15, 0.2) is 5.78 Å². The number of ketones is 1. The molecular weight excluding hydrogens is 264 g/mol. The first kappa shape index (κ1) is 13.6. The molecule has 3 heteroatoms. The van der Waals surface area contributed by atoms with Gasteiger partial charge in [0.2, 0.25) is 0 Å². The highest BCUT2D eigenvalue weighted by Crippen LogP contribution is 2.54. The number of ether oxygens (including phenoxy) is 1. The quantitative estimate of drug-likeness (QED) is 0.624. The van der Waals surface area contributed by atoms with E-state index in [1.807, 2.05) is 30.3 Å². The molecule has 2 aromatic rings. The van der Waals surface area contributed by atoms with Gasteiger partial charge in [-0.2, -0.15) is 0 Å². The SMILES string of the molecule is COc1ccc(C(=O)[C@@H]2[C@H](C=O)[C@H]2c2ccccc2)cc1. The molecule has 0 aliphatic heterocycles. The average molecular weight is 280 g/mol. The summed E-state index contributed by atoms with van der Waals surface area (Å²) in [6, 6.07) is 16.8. The van der Waals surface area contributed by atoms with Crippen molar-refractivity contribution in [1.29, 1.82) is 0 Å². The average Bonchev–Trinajstić information content (AvgIpc) is 3.29. The van der Waals surface area contributed by atoms with E-state index in [-0.39, 0.29) is 23.5 Å². The molecule has 1 saturated carbocycles. The largest absolute Gasteiger partial charge is 0.497 e. The Kier molecular flexibility index (Phi) is 3.57. The molecule has 0 spiro atoms. The Labute approximate surface area is 123 Å². The molecule has 2 aromatic carbocycles. The van der Waals surface area contributed by atoms with Gasteiger partial charge < -0.3 is 9.53 Å². The third kappa shape index (κ3) is 2.47. The van der Waals surface area contributed by atoms with Crippen molar-refractivity contribution in [2.75, 3.05) is 7.11 Å². The van der Waals surface area contributed by atoms with Gasteiger partial charge in [0.05, 0.1) is 7.11 Å². The maximum atomic E-state index is 12.6. The van der Waals surface area contributed by atoms with E-state index < -0.39 is 0 Å². The van der Waals surface area contributed by atoms with Gasteiger partial charge in [-0.05, 0) is 29.8 Å². The maximum Gasteiger partial charge on any atom is 0.167 e. The van der Waals surface area contributed by atoms with Crippen molar-refractivity contribution in [1.82, 2.24) is 0 Å². The van der Waals surface area contributed by atoms with Crippen LogP contribution in [0.15, 0.2) is 54.6 Å². The zero-order chi connectivity index (χ0) is 14.8. The molecule has 0 radical (unpaired) electrons. The lowest BCUT2D eigenvalue weighted by atomic mass is 10.0. The molecule has 21 heavy (non-hydrogen) atoms.